The minimum absolute atomic E-state index is 0.381. The van der Waals surface area contributed by atoms with E-state index >= 15 is 0 Å². The van der Waals surface area contributed by atoms with Crippen molar-refractivity contribution in [2.24, 2.45) is 17.6 Å². The smallest absolute Gasteiger partial charge is 0.0495 e. The van der Waals surface area contributed by atoms with Crippen LogP contribution in [0.5, 0.6) is 0 Å². The second kappa shape index (κ2) is 5.61. The molecule has 0 bridgehead atoms. The van der Waals surface area contributed by atoms with Crippen molar-refractivity contribution < 1.29 is 4.74 Å². The first kappa shape index (κ1) is 11.0. The molecular weight excluding hydrogens is 162 g/mol. The first-order chi connectivity index (χ1) is 6.24. The average molecular weight is 185 g/mol. The third-order valence-corrected chi connectivity index (χ3v) is 3.10. The van der Waals surface area contributed by atoms with E-state index in [9.17, 15) is 0 Å². The molecule has 0 aromatic rings. The largest absolute Gasteiger partial charge is 0.381 e. The molecule has 0 amide bonds. The van der Waals surface area contributed by atoms with Crippen LogP contribution in [0.25, 0.3) is 0 Å². The molecular formula is C11H23NO. The predicted molar refractivity (Wildman–Crippen MR) is 55.6 cm³/mol. The maximum atomic E-state index is 6.13. The Balaban J connectivity index is 2.18. The number of rotatable bonds is 5. The maximum absolute atomic E-state index is 6.13. The number of ether oxygens (including phenoxy) is 1. The molecule has 78 valence electrons. The van der Waals surface area contributed by atoms with Crippen molar-refractivity contribution in [2.45, 2.75) is 45.6 Å². The lowest BCUT2D eigenvalue weighted by Gasteiger charge is -2.21. The highest BCUT2D eigenvalue weighted by Gasteiger charge is 2.21. The molecule has 2 heteroatoms. The van der Waals surface area contributed by atoms with Crippen molar-refractivity contribution in [1.29, 1.82) is 0 Å². The molecule has 2 N–H and O–H groups in total. The van der Waals surface area contributed by atoms with Crippen LogP contribution in [0.2, 0.25) is 0 Å². The summed E-state index contributed by atoms with van der Waals surface area (Å²) in [5, 5.41) is 0. The summed E-state index contributed by atoms with van der Waals surface area (Å²) in [5.74, 6) is 1.40. The van der Waals surface area contributed by atoms with Crippen LogP contribution in [0.15, 0.2) is 0 Å². The van der Waals surface area contributed by atoms with E-state index in [4.69, 9.17) is 10.5 Å². The van der Waals surface area contributed by atoms with Crippen molar-refractivity contribution in [1.82, 2.24) is 0 Å². The van der Waals surface area contributed by atoms with Gasteiger partial charge in [0, 0.05) is 19.3 Å². The Hall–Kier alpha value is -0.0800. The van der Waals surface area contributed by atoms with E-state index in [0.717, 1.165) is 25.6 Å². The lowest BCUT2D eigenvalue weighted by molar-refractivity contribution is 0.180. The minimum Gasteiger partial charge on any atom is -0.381 e. The Morgan fingerprint density at radius 1 is 1.54 bits per heavy atom. The third-order valence-electron chi connectivity index (χ3n) is 3.10. The molecule has 0 radical (unpaired) electrons. The van der Waals surface area contributed by atoms with Gasteiger partial charge in [0.25, 0.3) is 0 Å². The zero-order chi connectivity index (χ0) is 9.68. The molecule has 1 rings (SSSR count). The van der Waals surface area contributed by atoms with Crippen molar-refractivity contribution >= 4 is 0 Å². The summed E-state index contributed by atoms with van der Waals surface area (Å²) in [6, 6.07) is 0.381. The summed E-state index contributed by atoms with van der Waals surface area (Å²) in [6.07, 6.45) is 4.87. The minimum atomic E-state index is 0.381. The van der Waals surface area contributed by atoms with Gasteiger partial charge in [0.1, 0.15) is 0 Å². The Morgan fingerprint density at radius 3 is 2.85 bits per heavy atom. The van der Waals surface area contributed by atoms with Crippen LogP contribution in [0.4, 0.5) is 0 Å². The van der Waals surface area contributed by atoms with Gasteiger partial charge in [0.05, 0.1) is 0 Å². The average Bonchev–Trinajstić information content (AvgIpc) is 2.57. The van der Waals surface area contributed by atoms with Crippen LogP contribution in [-0.4, -0.2) is 19.3 Å². The van der Waals surface area contributed by atoms with Crippen molar-refractivity contribution in [3.8, 4) is 0 Å². The molecule has 0 spiro atoms. The Morgan fingerprint density at radius 2 is 2.31 bits per heavy atom. The van der Waals surface area contributed by atoms with Gasteiger partial charge in [-0.2, -0.15) is 0 Å². The molecule has 0 saturated carbocycles. The molecule has 1 saturated heterocycles. The van der Waals surface area contributed by atoms with Crippen LogP contribution >= 0.6 is 0 Å². The van der Waals surface area contributed by atoms with Gasteiger partial charge in [-0.3, -0.25) is 0 Å². The topological polar surface area (TPSA) is 35.2 Å². The van der Waals surface area contributed by atoms with Gasteiger partial charge < -0.3 is 10.5 Å². The van der Waals surface area contributed by atoms with Crippen molar-refractivity contribution in [2.75, 3.05) is 13.2 Å². The lowest BCUT2D eigenvalue weighted by Crippen LogP contribution is -2.30. The Kier molecular flexibility index (Phi) is 4.74. The summed E-state index contributed by atoms with van der Waals surface area (Å²) in [5.41, 5.74) is 6.13. The fourth-order valence-corrected chi connectivity index (χ4v) is 2.06. The second-order valence-electron chi connectivity index (χ2n) is 4.40. The molecule has 1 fully saturated rings. The molecule has 2 nitrogen and oxygen atoms in total. The van der Waals surface area contributed by atoms with Crippen molar-refractivity contribution in [3.05, 3.63) is 0 Å². The highest BCUT2D eigenvalue weighted by Crippen LogP contribution is 2.21. The van der Waals surface area contributed by atoms with Gasteiger partial charge >= 0.3 is 0 Å². The second-order valence-corrected chi connectivity index (χ2v) is 4.40. The quantitative estimate of drug-likeness (QED) is 0.712. The molecule has 3 atom stereocenters. The van der Waals surface area contributed by atoms with Crippen LogP contribution in [0.1, 0.15) is 39.5 Å². The van der Waals surface area contributed by atoms with Gasteiger partial charge in [-0.25, -0.2) is 0 Å². The van der Waals surface area contributed by atoms with E-state index in [2.05, 4.69) is 13.8 Å². The zero-order valence-electron chi connectivity index (χ0n) is 8.96. The fourth-order valence-electron chi connectivity index (χ4n) is 2.06. The number of hydrogen-bond donors (Lipinski definition) is 1. The van der Waals surface area contributed by atoms with Crippen LogP contribution in [-0.2, 0) is 4.74 Å². The molecule has 1 aliphatic rings. The molecule has 0 aliphatic carbocycles. The standard InChI is InChI=1S/C11H23NO/c1-3-4-9(2)11(12)7-10-5-6-13-8-10/h9-11H,3-8,12H2,1-2H3. The maximum Gasteiger partial charge on any atom is 0.0495 e. The van der Waals surface area contributed by atoms with E-state index in [0.29, 0.717) is 12.0 Å². The van der Waals surface area contributed by atoms with Crippen LogP contribution < -0.4 is 5.73 Å². The zero-order valence-corrected chi connectivity index (χ0v) is 8.96. The van der Waals surface area contributed by atoms with Crippen LogP contribution in [0.3, 0.4) is 0 Å². The Labute approximate surface area is 81.8 Å². The first-order valence-electron chi connectivity index (χ1n) is 5.57. The summed E-state index contributed by atoms with van der Waals surface area (Å²) < 4.78 is 5.34. The number of nitrogens with two attached hydrogens (primary N) is 1. The fraction of sp³-hybridized carbons (Fsp3) is 1.00. The normalized spacial score (nSPS) is 27.5. The molecule has 1 heterocycles. The molecule has 3 unspecified atom stereocenters. The van der Waals surface area contributed by atoms with Crippen LogP contribution in [0, 0.1) is 11.8 Å². The molecule has 1 aliphatic heterocycles. The molecule has 13 heavy (non-hydrogen) atoms. The van der Waals surface area contributed by atoms with E-state index in [1.807, 2.05) is 0 Å². The van der Waals surface area contributed by atoms with Gasteiger partial charge in [0.2, 0.25) is 0 Å². The first-order valence-corrected chi connectivity index (χ1v) is 5.57. The summed E-state index contributed by atoms with van der Waals surface area (Å²) in [4.78, 5) is 0. The monoisotopic (exact) mass is 185 g/mol. The summed E-state index contributed by atoms with van der Waals surface area (Å²) in [6.45, 7) is 6.37. The van der Waals surface area contributed by atoms with Gasteiger partial charge in [-0.15, -0.1) is 0 Å². The number of hydrogen-bond acceptors (Lipinski definition) is 2. The summed E-state index contributed by atoms with van der Waals surface area (Å²) in [7, 11) is 0. The lowest BCUT2D eigenvalue weighted by atomic mass is 9.89. The molecule has 0 aromatic heterocycles. The van der Waals surface area contributed by atoms with E-state index in [-0.39, 0.29) is 0 Å². The molecule has 0 aromatic carbocycles. The highest BCUT2D eigenvalue weighted by molar-refractivity contribution is 4.75. The van der Waals surface area contributed by atoms with Crippen molar-refractivity contribution in [3.63, 3.8) is 0 Å². The van der Waals surface area contributed by atoms with E-state index in [1.54, 1.807) is 0 Å². The Bertz CT molecular complexity index is 132. The SMILES string of the molecule is CCCC(C)C(N)CC1CCOC1. The third kappa shape index (κ3) is 3.65. The van der Waals surface area contributed by atoms with Gasteiger partial charge in [0.15, 0.2) is 0 Å². The van der Waals surface area contributed by atoms with Gasteiger partial charge in [-0.05, 0) is 31.1 Å². The summed E-state index contributed by atoms with van der Waals surface area (Å²) >= 11 is 0. The highest BCUT2D eigenvalue weighted by atomic mass is 16.5. The van der Waals surface area contributed by atoms with Gasteiger partial charge in [-0.1, -0.05) is 20.3 Å². The van der Waals surface area contributed by atoms with E-state index in [1.165, 1.54) is 19.3 Å². The predicted octanol–water partition coefficient (Wildman–Crippen LogP) is 2.18. The van der Waals surface area contributed by atoms with E-state index < -0.39 is 0 Å².